The molecule has 4 atom stereocenters. The van der Waals surface area contributed by atoms with Crippen LogP contribution in [0.3, 0.4) is 0 Å². The van der Waals surface area contributed by atoms with E-state index in [0.29, 0.717) is 37.9 Å². The number of benzene rings is 2. The Bertz CT molecular complexity index is 790. The number of aryl methyl sites for hydroxylation is 3. The highest BCUT2D eigenvalue weighted by Crippen LogP contribution is 2.32. The third-order valence-corrected chi connectivity index (χ3v) is 6.05. The molecule has 0 amide bonds. The number of fused-ring (bicyclic) bond motifs is 2. The highest BCUT2D eigenvalue weighted by Gasteiger charge is 2.29. The van der Waals surface area contributed by atoms with Crippen molar-refractivity contribution in [2.24, 2.45) is 0 Å². The smallest absolute Gasteiger partial charge is 0.125 e. The van der Waals surface area contributed by atoms with E-state index in [0.717, 1.165) is 24.2 Å². The van der Waals surface area contributed by atoms with Crippen molar-refractivity contribution in [3.05, 3.63) is 58.9 Å². The summed E-state index contributed by atoms with van der Waals surface area (Å²) in [6, 6.07) is 10.7. The van der Waals surface area contributed by atoms with Gasteiger partial charge >= 0.3 is 0 Å². The summed E-state index contributed by atoms with van der Waals surface area (Å²) in [7, 11) is 0. The quantitative estimate of drug-likeness (QED) is 0.698. The second-order valence-electron chi connectivity index (χ2n) is 8.32. The first-order valence-corrected chi connectivity index (χ1v) is 10.6. The fourth-order valence-corrected chi connectivity index (χ4v) is 4.37. The Morgan fingerprint density at radius 1 is 0.900 bits per heavy atom. The molecule has 30 heavy (non-hydrogen) atoms. The Morgan fingerprint density at radius 3 is 2.03 bits per heavy atom. The number of halogens is 2. The summed E-state index contributed by atoms with van der Waals surface area (Å²) >= 11 is 0. The van der Waals surface area contributed by atoms with Gasteiger partial charge in [0.15, 0.2) is 0 Å². The molecule has 4 rings (SSSR count). The molecule has 0 aliphatic carbocycles. The highest BCUT2D eigenvalue weighted by atomic mass is 35.5. The molecule has 4 nitrogen and oxygen atoms in total. The van der Waals surface area contributed by atoms with Crippen LogP contribution in [0.25, 0.3) is 0 Å². The summed E-state index contributed by atoms with van der Waals surface area (Å²) in [5.74, 6) is 1.27. The lowest BCUT2D eigenvalue weighted by atomic mass is 9.93. The van der Waals surface area contributed by atoms with Gasteiger partial charge in [-0.05, 0) is 87.3 Å². The van der Waals surface area contributed by atoms with E-state index < -0.39 is 12.2 Å². The van der Waals surface area contributed by atoms with Gasteiger partial charge in [0.2, 0.25) is 0 Å². The molecule has 0 radical (unpaired) electrons. The van der Waals surface area contributed by atoms with E-state index in [-0.39, 0.29) is 30.4 Å². The molecule has 0 aromatic heterocycles. The van der Waals surface area contributed by atoms with Crippen LogP contribution in [0, 0.1) is 12.7 Å². The van der Waals surface area contributed by atoms with Gasteiger partial charge in [0, 0.05) is 0 Å². The predicted octanol–water partition coefficient (Wildman–Crippen LogP) is 4.54. The van der Waals surface area contributed by atoms with Gasteiger partial charge in [-0.3, -0.25) is 0 Å². The minimum absolute atomic E-state index is 0. The van der Waals surface area contributed by atoms with Gasteiger partial charge in [0.05, 0.1) is 12.2 Å². The molecule has 2 heterocycles. The lowest BCUT2D eigenvalue weighted by Gasteiger charge is -2.31. The topological polar surface area (TPSA) is 58.9 Å². The maximum absolute atomic E-state index is 13.3. The van der Waals surface area contributed by atoms with Crippen molar-refractivity contribution in [1.29, 1.82) is 0 Å². The molecule has 2 aliphatic heterocycles. The maximum atomic E-state index is 13.3. The van der Waals surface area contributed by atoms with Gasteiger partial charge in [-0.2, -0.15) is 0 Å². The van der Waals surface area contributed by atoms with Gasteiger partial charge in [-0.1, -0.05) is 17.7 Å². The summed E-state index contributed by atoms with van der Waals surface area (Å²) in [5.41, 5.74) is 3.28. The molecule has 0 saturated heterocycles. The molecule has 0 fully saturated rings. The van der Waals surface area contributed by atoms with E-state index in [9.17, 15) is 14.6 Å². The second-order valence-corrected chi connectivity index (χ2v) is 8.32. The Hall–Kier alpha value is -1.82. The second kappa shape index (κ2) is 9.99. The molecule has 0 spiro atoms. The molecule has 2 N–H and O–H groups in total. The molecular weight excluding hydrogens is 407 g/mol. The Morgan fingerprint density at radius 2 is 1.43 bits per heavy atom. The third kappa shape index (κ3) is 5.26. The summed E-state index contributed by atoms with van der Waals surface area (Å²) in [6.45, 7) is 2.07. The summed E-state index contributed by atoms with van der Waals surface area (Å²) in [4.78, 5) is 0. The van der Waals surface area contributed by atoms with Crippen LogP contribution < -0.4 is 9.47 Å². The van der Waals surface area contributed by atoms with Crippen LogP contribution in [-0.4, -0.2) is 34.6 Å². The van der Waals surface area contributed by atoms with Crippen LogP contribution in [0.5, 0.6) is 11.5 Å². The maximum Gasteiger partial charge on any atom is 0.125 e. The number of rotatable bonds is 6. The van der Waals surface area contributed by atoms with Crippen LogP contribution in [0.4, 0.5) is 4.39 Å². The van der Waals surface area contributed by atoms with Crippen molar-refractivity contribution in [2.75, 3.05) is 0 Å². The van der Waals surface area contributed by atoms with E-state index in [2.05, 4.69) is 13.0 Å². The number of hydrogen-bond donors (Lipinski definition) is 2. The lowest BCUT2D eigenvalue weighted by molar-refractivity contribution is 0.00136. The van der Waals surface area contributed by atoms with Crippen LogP contribution in [-0.2, 0) is 12.8 Å². The minimum atomic E-state index is -0.601. The molecule has 6 heteroatoms. The van der Waals surface area contributed by atoms with Gasteiger partial charge in [0.1, 0.15) is 29.5 Å². The van der Waals surface area contributed by atoms with Crippen LogP contribution in [0.15, 0.2) is 36.4 Å². The molecule has 2 aromatic rings. The zero-order chi connectivity index (χ0) is 20.4. The van der Waals surface area contributed by atoms with Gasteiger partial charge < -0.3 is 19.7 Å². The zero-order valence-corrected chi connectivity index (χ0v) is 18.0. The Kier molecular flexibility index (Phi) is 7.61. The molecule has 164 valence electrons. The van der Waals surface area contributed by atoms with Gasteiger partial charge in [-0.25, -0.2) is 4.39 Å². The molecule has 0 saturated carbocycles. The Balaban J connectivity index is 0.00000256. The lowest BCUT2D eigenvalue weighted by Crippen LogP contribution is -2.36. The average Bonchev–Trinajstić information content (AvgIpc) is 2.72. The number of ether oxygens (including phenoxy) is 2. The number of aliphatic hydroxyl groups is 2. The van der Waals surface area contributed by atoms with E-state index in [4.69, 9.17) is 9.47 Å². The fraction of sp³-hybridized carbons (Fsp3) is 0.500. The van der Waals surface area contributed by atoms with Crippen LogP contribution in [0.1, 0.15) is 48.8 Å². The molecule has 0 bridgehead atoms. The van der Waals surface area contributed by atoms with Crippen molar-refractivity contribution < 1.29 is 24.1 Å². The average molecular weight is 437 g/mol. The summed E-state index contributed by atoms with van der Waals surface area (Å²) in [6.07, 6.45) is 3.28. The van der Waals surface area contributed by atoms with Crippen LogP contribution >= 0.6 is 12.4 Å². The van der Waals surface area contributed by atoms with E-state index >= 15 is 0 Å². The van der Waals surface area contributed by atoms with E-state index in [1.54, 1.807) is 6.07 Å². The predicted molar refractivity (Wildman–Crippen MR) is 116 cm³/mol. The molecule has 0 unspecified atom stereocenters. The van der Waals surface area contributed by atoms with Crippen molar-refractivity contribution >= 4 is 12.4 Å². The zero-order valence-electron chi connectivity index (χ0n) is 17.2. The largest absolute Gasteiger partial charge is 0.487 e. The van der Waals surface area contributed by atoms with E-state index in [1.807, 2.05) is 12.1 Å². The van der Waals surface area contributed by atoms with Gasteiger partial charge in [-0.15, -0.1) is 12.4 Å². The number of aliphatic hydroxyl groups excluding tert-OH is 2. The number of hydrogen-bond acceptors (Lipinski definition) is 4. The summed E-state index contributed by atoms with van der Waals surface area (Å²) < 4.78 is 25.2. The van der Waals surface area contributed by atoms with Crippen molar-refractivity contribution in [3.8, 4) is 11.5 Å². The highest BCUT2D eigenvalue weighted by molar-refractivity contribution is 5.85. The van der Waals surface area contributed by atoms with Crippen molar-refractivity contribution in [1.82, 2.24) is 0 Å². The minimum Gasteiger partial charge on any atom is -0.487 e. The van der Waals surface area contributed by atoms with Crippen molar-refractivity contribution in [2.45, 2.75) is 76.3 Å². The fourth-order valence-electron chi connectivity index (χ4n) is 4.37. The molecule has 2 aromatic carbocycles. The first-order valence-electron chi connectivity index (χ1n) is 10.6. The molecule has 2 aliphatic rings. The van der Waals surface area contributed by atoms with Gasteiger partial charge in [0.25, 0.3) is 0 Å². The Labute approximate surface area is 183 Å². The summed E-state index contributed by atoms with van der Waals surface area (Å²) in [5, 5.41) is 21.1. The first kappa shape index (κ1) is 22.9. The van der Waals surface area contributed by atoms with Crippen LogP contribution in [0.2, 0.25) is 0 Å². The first-order chi connectivity index (χ1) is 14.0. The van der Waals surface area contributed by atoms with Crippen molar-refractivity contribution in [3.63, 3.8) is 0 Å². The normalized spacial score (nSPS) is 21.9. The SMILES string of the molecule is Cc1ccc2c(c1)CC[C@H]([C@H](O)CCC[C@@H](O)[C@@H]1CCc3cc(F)ccc3O1)O2.Cl. The third-order valence-electron chi connectivity index (χ3n) is 6.05. The standard InChI is InChI=1S/C24H29FO4.ClH/c1-15-5-9-21-16(13-15)6-10-23(28-21)19(26)3-2-4-20(27)24-11-7-17-14-18(25)8-12-22(17)29-24;/h5,8-9,12-14,19-20,23-24,26-27H,2-4,6-7,10-11H2,1H3;1H/t19-,20-,23-,24+;/m1./s1. The molecular formula is C24H30ClFO4. The van der Waals surface area contributed by atoms with E-state index in [1.165, 1.54) is 23.3 Å². The monoisotopic (exact) mass is 436 g/mol.